The molecule has 2 unspecified atom stereocenters. The molecule has 2 atom stereocenters. The molecule has 52 heavy (non-hydrogen) atoms. The summed E-state index contributed by atoms with van der Waals surface area (Å²) in [4.78, 5) is 0. The predicted octanol–water partition coefficient (Wildman–Crippen LogP) is 14.5. The number of hydrogen-bond donors (Lipinski definition) is 0. The van der Waals surface area contributed by atoms with Crippen molar-refractivity contribution in [3.8, 4) is 22.3 Å². The molecule has 0 spiro atoms. The van der Waals surface area contributed by atoms with Crippen molar-refractivity contribution >= 4 is 65.5 Å². The first-order chi connectivity index (χ1) is 24.3. The number of unbranched alkanes of at least 4 members (excludes halogenated alkanes) is 2. The molecule has 0 aromatic heterocycles. The molecule has 0 N–H and O–H groups in total. The van der Waals surface area contributed by atoms with Crippen molar-refractivity contribution < 1.29 is 17.1 Å². The van der Waals surface area contributed by atoms with Crippen LogP contribution in [0.2, 0.25) is 9.36 Å². The second-order valence-corrected chi connectivity index (χ2v) is 59.6. The van der Waals surface area contributed by atoms with E-state index in [4.69, 9.17) is 0 Å². The number of halogens is 2. The molecule has 0 heterocycles. The van der Waals surface area contributed by atoms with Crippen LogP contribution >= 0.6 is 24.8 Å². The van der Waals surface area contributed by atoms with Gasteiger partial charge in [-0.15, -0.1) is 24.8 Å². The minimum Gasteiger partial charge on any atom is -0.147 e. The average Bonchev–Trinajstić information content (AvgIpc) is 3.72. The summed E-state index contributed by atoms with van der Waals surface area (Å²) in [5.41, 5.74) is 15.1. The third kappa shape index (κ3) is 6.57. The van der Waals surface area contributed by atoms with E-state index in [0.29, 0.717) is 7.35 Å². The topological polar surface area (TPSA) is 0 Å². The van der Waals surface area contributed by atoms with Crippen LogP contribution in [0.4, 0.5) is 0 Å². The molecule has 266 valence electrons. The van der Waals surface area contributed by atoms with Crippen molar-refractivity contribution in [2.75, 3.05) is 0 Å². The molecular formula is C48H52Cl2HfSi. The third-order valence-corrected chi connectivity index (χ3v) is 37.2. The van der Waals surface area contributed by atoms with Crippen molar-refractivity contribution in [2.45, 2.75) is 69.1 Å². The van der Waals surface area contributed by atoms with Crippen LogP contribution in [0.1, 0.15) is 82.0 Å². The summed E-state index contributed by atoms with van der Waals surface area (Å²) in [6.07, 6.45) is 12.7. The quantitative estimate of drug-likeness (QED) is 0.120. The second-order valence-electron chi connectivity index (χ2n) is 16.1. The molecule has 2 aliphatic rings. The Kier molecular flexibility index (Phi) is 11.5. The van der Waals surface area contributed by atoms with Gasteiger partial charge in [-0.25, -0.2) is 0 Å². The van der Waals surface area contributed by atoms with Crippen molar-refractivity contribution in [1.82, 2.24) is 0 Å². The van der Waals surface area contributed by atoms with Gasteiger partial charge in [0, 0.05) is 0 Å². The summed E-state index contributed by atoms with van der Waals surface area (Å²) in [5.74, 6) is 0. The zero-order chi connectivity index (χ0) is 34.5. The summed E-state index contributed by atoms with van der Waals surface area (Å²) in [6, 6.07) is 46.0. The monoisotopic (exact) mass is 906 g/mol. The Morgan fingerprint density at radius 2 is 0.846 bits per heavy atom. The van der Waals surface area contributed by atoms with Gasteiger partial charge in [0.1, 0.15) is 0 Å². The van der Waals surface area contributed by atoms with Gasteiger partial charge in [-0.1, -0.05) is 0 Å². The molecule has 0 amide bonds. The minimum atomic E-state index is -3.94. The molecule has 6 aromatic rings. The molecule has 0 nitrogen and oxygen atoms in total. The van der Waals surface area contributed by atoms with E-state index in [1.54, 1.807) is 22.3 Å². The van der Waals surface area contributed by atoms with Crippen molar-refractivity contribution in [1.29, 1.82) is 0 Å². The first-order valence-electron chi connectivity index (χ1n) is 19.0. The van der Waals surface area contributed by atoms with E-state index in [1.807, 2.05) is 0 Å². The van der Waals surface area contributed by atoms with Gasteiger partial charge in [0.25, 0.3) is 0 Å². The van der Waals surface area contributed by atoms with Gasteiger partial charge in [-0.2, -0.15) is 0 Å². The van der Waals surface area contributed by atoms with E-state index in [9.17, 15) is 0 Å². The third-order valence-electron chi connectivity index (χ3n) is 12.0. The number of hydrogen-bond acceptors (Lipinski definition) is 0. The van der Waals surface area contributed by atoms with Crippen LogP contribution in [0.25, 0.3) is 56.0 Å². The molecule has 4 heteroatoms. The van der Waals surface area contributed by atoms with Crippen molar-refractivity contribution in [3.63, 3.8) is 0 Å². The SMILES string of the molecule is CCCCC1=Cc2c(-c3cccc4ccccc34)cccc2[CH]1[Hf]([CH3])([CH3])(=[SiH2])[CH]1C(CCCC)=Cc2c(-c3cccc4ccccc34)cccc21.Cl.Cl. The Morgan fingerprint density at radius 3 is 1.27 bits per heavy atom. The molecule has 0 radical (unpaired) electrons. The molecular weight excluding hydrogens is 854 g/mol. The van der Waals surface area contributed by atoms with Gasteiger partial charge in [-0.3, -0.25) is 0 Å². The molecule has 0 saturated carbocycles. The molecule has 0 fully saturated rings. The van der Waals surface area contributed by atoms with Crippen LogP contribution in [-0.2, 0) is 17.1 Å². The Hall–Kier alpha value is -3.01. The van der Waals surface area contributed by atoms with Gasteiger partial charge >= 0.3 is 304 Å². The maximum absolute atomic E-state index is 3.94. The van der Waals surface area contributed by atoms with Gasteiger partial charge in [0.2, 0.25) is 0 Å². The molecule has 6 aromatic carbocycles. The number of benzene rings is 6. The van der Waals surface area contributed by atoms with Crippen LogP contribution in [0.3, 0.4) is 0 Å². The standard InChI is InChI=1S/2C23H21.2CH3.2ClH.Hf.H2Si/c2*1-2-3-8-17-15-19-11-7-14-22(23(19)16-17)21-13-6-10-18-9-4-5-12-20(18)21;;;;;;/h2*4-7,9-16H,2-3,8H2,1H3;2*1H3;2*1H;;1H2. The minimum absolute atomic E-state index is 0. The maximum atomic E-state index is 2.84. The number of allylic oxidation sites excluding steroid dienone is 2. The van der Waals surface area contributed by atoms with Crippen LogP contribution < -0.4 is 0 Å². The summed E-state index contributed by atoms with van der Waals surface area (Å²) in [5, 5.41) is 5.33. The fourth-order valence-corrected chi connectivity index (χ4v) is 38.5. The maximum Gasteiger partial charge on any atom is -0.147 e. The van der Waals surface area contributed by atoms with Gasteiger partial charge in [0.05, 0.1) is 0 Å². The van der Waals surface area contributed by atoms with E-state index in [1.165, 1.54) is 93.5 Å². The Morgan fingerprint density at radius 1 is 0.481 bits per heavy atom. The smallest absolute Gasteiger partial charge is 0.147 e. The fourth-order valence-electron chi connectivity index (χ4n) is 9.92. The first kappa shape index (κ1) is 38.7. The molecule has 0 bridgehead atoms. The van der Waals surface area contributed by atoms with Crippen LogP contribution in [-0.4, -0.2) is 6.94 Å². The number of rotatable bonds is 10. The molecule has 2 aliphatic carbocycles. The molecule has 8 rings (SSSR count). The van der Waals surface area contributed by atoms with Crippen LogP contribution in [0.15, 0.2) is 132 Å². The van der Waals surface area contributed by atoms with E-state index in [-0.39, 0.29) is 24.8 Å². The first-order valence-corrected chi connectivity index (χ1v) is 38.7. The van der Waals surface area contributed by atoms with Gasteiger partial charge < -0.3 is 0 Å². The fraction of sp³-hybridized carbons (Fsp3) is 0.250. The normalized spacial score (nSPS) is 16.5. The molecule has 0 aliphatic heterocycles. The van der Waals surface area contributed by atoms with Crippen molar-refractivity contribution in [3.05, 3.63) is 155 Å². The van der Waals surface area contributed by atoms with Crippen molar-refractivity contribution in [2.24, 2.45) is 0 Å². The zero-order valence-electron chi connectivity index (χ0n) is 31.1. The number of fused-ring (bicyclic) bond motifs is 4. The second kappa shape index (κ2) is 15.4. The van der Waals surface area contributed by atoms with E-state index in [2.05, 4.69) is 164 Å². The Bertz CT molecular complexity index is 2240. The van der Waals surface area contributed by atoms with E-state index >= 15 is 0 Å². The van der Waals surface area contributed by atoms with Gasteiger partial charge in [-0.05, 0) is 0 Å². The summed E-state index contributed by atoms with van der Waals surface area (Å²) in [6.45, 7) is 7.22. The van der Waals surface area contributed by atoms with E-state index < -0.39 is 17.1 Å². The summed E-state index contributed by atoms with van der Waals surface area (Å²) in [7, 11) is 0. The average molecular weight is 906 g/mol. The zero-order valence-corrected chi connectivity index (χ0v) is 37.8. The van der Waals surface area contributed by atoms with Gasteiger partial charge in [0.15, 0.2) is 0 Å². The predicted molar refractivity (Wildman–Crippen MR) is 234 cm³/mol. The summed E-state index contributed by atoms with van der Waals surface area (Å²) >= 11 is -3.94. The Balaban J connectivity index is 0.00000232. The van der Waals surface area contributed by atoms with Crippen LogP contribution in [0.5, 0.6) is 0 Å². The van der Waals surface area contributed by atoms with Crippen LogP contribution in [0, 0.1) is 0 Å². The largest absolute Gasteiger partial charge is 0.147 e. The van der Waals surface area contributed by atoms with E-state index in [0.717, 1.165) is 0 Å². The summed E-state index contributed by atoms with van der Waals surface area (Å²) < 4.78 is 6.74. The molecule has 0 saturated heterocycles. The Labute approximate surface area is 326 Å².